The number of sulfone groups is 3. The Hall–Kier alpha value is -0.670. The molecule has 0 atom stereocenters. The molecule has 0 bridgehead atoms. The van der Waals surface area contributed by atoms with Gasteiger partial charge in [0, 0.05) is 12.5 Å². The van der Waals surface area contributed by atoms with E-state index in [4.69, 9.17) is 0 Å². The molecule has 0 aromatic carbocycles. The Balaban J connectivity index is 3.57. The quantitative estimate of drug-likeness (QED) is 0.651. The molecule has 0 spiro atoms. The lowest BCUT2D eigenvalue weighted by Gasteiger charge is -1.95. The van der Waals surface area contributed by atoms with Crippen LogP contribution in [-0.4, -0.2) is 37.8 Å². The van der Waals surface area contributed by atoms with Crippen LogP contribution in [0.5, 0.6) is 0 Å². The Labute approximate surface area is 88.1 Å². The van der Waals surface area contributed by atoms with E-state index in [1.165, 1.54) is 0 Å². The standard InChI is InChI=1S/C6H8O6S3/c1-13(7,8)5-3-6(14(2,9)10)15(11,12)4-5/h3-4H,1-2H3. The summed E-state index contributed by atoms with van der Waals surface area (Å²) in [6.45, 7) is 0. The van der Waals surface area contributed by atoms with Crippen molar-refractivity contribution in [1.82, 2.24) is 0 Å². The smallest absolute Gasteiger partial charge is 0.212 e. The van der Waals surface area contributed by atoms with Gasteiger partial charge in [0.15, 0.2) is 23.9 Å². The van der Waals surface area contributed by atoms with E-state index >= 15 is 0 Å². The van der Waals surface area contributed by atoms with Crippen LogP contribution in [0.25, 0.3) is 0 Å². The van der Waals surface area contributed by atoms with Crippen molar-refractivity contribution < 1.29 is 25.3 Å². The molecule has 0 fully saturated rings. The van der Waals surface area contributed by atoms with E-state index < -0.39 is 38.7 Å². The fraction of sp³-hybridized carbons (Fsp3) is 0.333. The van der Waals surface area contributed by atoms with Crippen LogP contribution >= 0.6 is 0 Å². The van der Waals surface area contributed by atoms with Crippen molar-refractivity contribution in [3.05, 3.63) is 20.6 Å². The van der Waals surface area contributed by atoms with Gasteiger partial charge >= 0.3 is 0 Å². The molecule has 0 N–H and O–H groups in total. The van der Waals surface area contributed by atoms with Crippen molar-refractivity contribution in [2.24, 2.45) is 0 Å². The lowest BCUT2D eigenvalue weighted by Crippen LogP contribution is -2.07. The third-order valence-electron chi connectivity index (χ3n) is 1.61. The third-order valence-corrected chi connectivity index (χ3v) is 6.54. The van der Waals surface area contributed by atoms with Gasteiger partial charge in [-0.2, -0.15) is 0 Å². The Morgan fingerprint density at radius 1 is 1.00 bits per heavy atom. The summed E-state index contributed by atoms with van der Waals surface area (Å²) in [5, 5.41) is 0.443. The van der Waals surface area contributed by atoms with Gasteiger partial charge in [-0.25, -0.2) is 25.3 Å². The van der Waals surface area contributed by atoms with Crippen molar-refractivity contribution in [1.29, 1.82) is 0 Å². The topological polar surface area (TPSA) is 102 Å². The highest BCUT2D eigenvalue weighted by atomic mass is 32.3. The van der Waals surface area contributed by atoms with Crippen LogP contribution in [0.4, 0.5) is 0 Å². The fourth-order valence-electron chi connectivity index (χ4n) is 0.956. The zero-order valence-corrected chi connectivity index (χ0v) is 10.3. The molecular formula is C6H8O6S3. The van der Waals surface area contributed by atoms with Gasteiger partial charge in [-0.05, 0) is 6.08 Å². The van der Waals surface area contributed by atoms with Crippen LogP contribution in [0.2, 0.25) is 0 Å². The van der Waals surface area contributed by atoms with E-state index in [1.54, 1.807) is 0 Å². The normalized spacial score (nSPS) is 20.9. The second-order valence-corrected chi connectivity index (χ2v) is 9.10. The minimum Gasteiger partial charge on any atom is -0.224 e. The summed E-state index contributed by atoms with van der Waals surface area (Å²) in [5.41, 5.74) is 0. The van der Waals surface area contributed by atoms with Crippen LogP contribution in [0.15, 0.2) is 20.6 Å². The number of allylic oxidation sites excluding steroid dienone is 1. The van der Waals surface area contributed by atoms with Gasteiger partial charge in [-0.1, -0.05) is 0 Å². The van der Waals surface area contributed by atoms with E-state index in [1.807, 2.05) is 0 Å². The van der Waals surface area contributed by atoms with E-state index in [2.05, 4.69) is 0 Å². The van der Waals surface area contributed by atoms with E-state index in [0.717, 1.165) is 6.26 Å². The SMILES string of the molecule is CS(=O)(=O)C1=CS(=O)(=O)C(S(C)(=O)=O)=C1. The van der Waals surface area contributed by atoms with Crippen LogP contribution in [0, 0.1) is 0 Å². The Morgan fingerprint density at radius 3 is 1.67 bits per heavy atom. The lowest BCUT2D eigenvalue weighted by atomic mass is 10.6. The highest BCUT2D eigenvalue weighted by Crippen LogP contribution is 2.28. The number of rotatable bonds is 2. The third kappa shape index (κ3) is 2.47. The highest BCUT2D eigenvalue weighted by molar-refractivity contribution is 8.16. The van der Waals surface area contributed by atoms with Crippen LogP contribution in [-0.2, 0) is 29.5 Å². The summed E-state index contributed by atoms with van der Waals surface area (Å²) in [4.78, 5) is -0.511. The summed E-state index contributed by atoms with van der Waals surface area (Å²) >= 11 is 0. The van der Waals surface area contributed by atoms with Crippen molar-refractivity contribution in [2.45, 2.75) is 0 Å². The molecule has 6 nitrogen and oxygen atoms in total. The van der Waals surface area contributed by atoms with E-state index in [-0.39, 0.29) is 0 Å². The van der Waals surface area contributed by atoms with Gasteiger partial charge in [0.25, 0.3) is 0 Å². The first-order valence-electron chi connectivity index (χ1n) is 3.53. The van der Waals surface area contributed by atoms with Gasteiger partial charge < -0.3 is 0 Å². The zero-order chi connectivity index (χ0) is 12.1. The summed E-state index contributed by atoms with van der Waals surface area (Å²) in [6, 6.07) is 0. The average molecular weight is 272 g/mol. The van der Waals surface area contributed by atoms with Crippen molar-refractivity contribution in [3.8, 4) is 0 Å². The van der Waals surface area contributed by atoms with Crippen molar-refractivity contribution in [2.75, 3.05) is 12.5 Å². The monoisotopic (exact) mass is 272 g/mol. The van der Waals surface area contributed by atoms with Gasteiger partial charge in [0.2, 0.25) is 9.84 Å². The predicted octanol–water partition coefficient (Wildman–Crippen LogP) is -0.813. The molecule has 15 heavy (non-hydrogen) atoms. The maximum atomic E-state index is 11.3. The van der Waals surface area contributed by atoms with Gasteiger partial charge in [-0.15, -0.1) is 0 Å². The lowest BCUT2D eigenvalue weighted by molar-refractivity contribution is 0.601. The van der Waals surface area contributed by atoms with Crippen molar-refractivity contribution >= 4 is 29.5 Å². The molecule has 86 valence electrons. The first-order valence-corrected chi connectivity index (χ1v) is 8.86. The van der Waals surface area contributed by atoms with E-state index in [0.29, 0.717) is 17.7 Å². The molecule has 0 saturated heterocycles. The van der Waals surface area contributed by atoms with Gasteiger partial charge in [0.1, 0.15) is 0 Å². The van der Waals surface area contributed by atoms with E-state index in [9.17, 15) is 25.3 Å². The molecule has 1 rings (SSSR count). The molecule has 0 amide bonds. The second-order valence-electron chi connectivity index (χ2n) is 3.07. The van der Waals surface area contributed by atoms with Crippen molar-refractivity contribution in [3.63, 3.8) is 0 Å². The summed E-state index contributed by atoms with van der Waals surface area (Å²) in [6.07, 6.45) is 2.16. The molecule has 0 radical (unpaired) electrons. The minimum atomic E-state index is -4.15. The average Bonchev–Trinajstić information content (AvgIpc) is 2.22. The Kier molecular flexibility index (Phi) is 2.61. The maximum Gasteiger partial charge on any atom is 0.212 e. The van der Waals surface area contributed by atoms with Gasteiger partial charge in [-0.3, -0.25) is 0 Å². The molecule has 0 aliphatic carbocycles. The summed E-state index contributed by atoms with van der Waals surface area (Å²) in [5.74, 6) is 0. The Morgan fingerprint density at radius 2 is 1.47 bits per heavy atom. The number of hydrogen-bond acceptors (Lipinski definition) is 6. The molecule has 1 aliphatic rings. The predicted molar refractivity (Wildman–Crippen MR) is 54.8 cm³/mol. The Bertz CT molecular complexity index is 656. The molecule has 1 aliphatic heterocycles. The first kappa shape index (κ1) is 12.4. The molecule has 9 heteroatoms. The summed E-state index contributed by atoms with van der Waals surface area (Å²) in [7, 11) is -11.8. The number of hydrogen-bond donors (Lipinski definition) is 0. The highest BCUT2D eigenvalue weighted by Gasteiger charge is 2.33. The van der Waals surface area contributed by atoms with Crippen LogP contribution in [0.3, 0.4) is 0 Å². The minimum absolute atomic E-state index is 0.443. The largest absolute Gasteiger partial charge is 0.224 e. The molecule has 0 aromatic rings. The molecular weight excluding hydrogens is 264 g/mol. The fourth-order valence-corrected chi connectivity index (χ4v) is 5.47. The first-order chi connectivity index (χ1) is 6.44. The molecule has 0 aromatic heterocycles. The van der Waals surface area contributed by atoms with Crippen LogP contribution in [0.1, 0.15) is 0 Å². The maximum absolute atomic E-state index is 11.3. The zero-order valence-electron chi connectivity index (χ0n) is 7.83. The van der Waals surface area contributed by atoms with Crippen LogP contribution < -0.4 is 0 Å². The molecule has 0 unspecified atom stereocenters. The van der Waals surface area contributed by atoms with Gasteiger partial charge in [0.05, 0.1) is 10.3 Å². The summed E-state index contributed by atoms with van der Waals surface area (Å²) < 4.78 is 65.8. The molecule has 0 saturated carbocycles. The second kappa shape index (κ2) is 3.16. The molecule has 1 heterocycles.